The SMILES string of the molecule is CCc1nc(C(=O)O)nn1-c1cccc(C)c1Br. The molecule has 0 radical (unpaired) electrons. The Kier molecular flexibility index (Phi) is 3.47. The maximum absolute atomic E-state index is 10.9. The van der Waals surface area contributed by atoms with Crippen LogP contribution in [0.25, 0.3) is 5.69 Å². The Bertz CT molecular complexity index is 607. The first-order valence-corrected chi connectivity index (χ1v) is 6.28. The van der Waals surface area contributed by atoms with Crippen molar-refractivity contribution < 1.29 is 9.90 Å². The van der Waals surface area contributed by atoms with E-state index in [2.05, 4.69) is 26.0 Å². The molecule has 2 rings (SSSR count). The predicted molar refractivity (Wildman–Crippen MR) is 70.1 cm³/mol. The summed E-state index contributed by atoms with van der Waals surface area (Å²) in [4.78, 5) is 14.9. The maximum Gasteiger partial charge on any atom is 0.375 e. The Hall–Kier alpha value is -1.69. The second kappa shape index (κ2) is 4.89. The molecule has 0 amide bonds. The van der Waals surface area contributed by atoms with Crippen LogP contribution in [0.4, 0.5) is 0 Å². The molecule has 0 aliphatic carbocycles. The lowest BCUT2D eigenvalue weighted by molar-refractivity contribution is 0.0683. The number of benzene rings is 1. The van der Waals surface area contributed by atoms with E-state index in [9.17, 15) is 4.79 Å². The number of nitrogens with zero attached hydrogens (tertiary/aromatic N) is 3. The van der Waals surface area contributed by atoms with E-state index < -0.39 is 5.97 Å². The summed E-state index contributed by atoms with van der Waals surface area (Å²) < 4.78 is 2.46. The largest absolute Gasteiger partial charge is 0.475 e. The third kappa shape index (κ3) is 2.15. The third-order valence-electron chi connectivity index (χ3n) is 2.58. The molecule has 0 saturated heterocycles. The fourth-order valence-corrected chi connectivity index (χ4v) is 2.08. The molecule has 2 aromatic rings. The van der Waals surface area contributed by atoms with Gasteiger partial charge in [-0.2, -0.15) is 0 Å². The van der Waals surface area contributed by atoms with Crippen molar-refractivity contribution in [2.75, 3.05) is 0 Å². The van der Waals surface area contributed by atoms with Gasteiger partial charge in [0.2, 0.25) is 0 Å². The van der Waals surface area contributed by atoms with Crippen LogP contribution in [-0.4, -0.2) is 25.8 Å². The molecule has 0 unspecified atom stereocenters. The van der Waals surface area contributed by atoms with Gasteiger partial charge in [-0.3, -0.25) is 0 Å². The van der Waals surface area contributed by atoms with Crippen LogP contribution in [0.15, 0.2) is 22.7 Å². The molecule has 0 aliphatic rings. The number of hydrogen-bond acceptors (Lipinski definition) is 3. The lowest BCUT2D eigenvalue weighted by Gasteiger charge is -2.08. The fourth-order valence-electron chi connectivity index (χ4n) is 1.65. The van der Waals surface area contributed by atoms with Gasteiger partial charge in [0.15, 0.2) is 0 Å². The van der Waals surface area contributed by atoms with Crippen molar-refractivity contribution in [3.63, 3.8) is 0 Å². The smallest absolute Gasteiger partial charge is 0.375 e. The summed E-state index contributed by atoms with van der Waals surface area (Å²) in [7, 11) is 0. The molecule has 0 fully saturated rings. The van der Waals surface area contributed by atoms with Gasteiger partial charge in [0.1, 0.15) is 5.82 Å². The van der Waals surface area contributed by atoms with E-state index in [1.54, 1.807) is 4.68 Å². The number of aromatic carboxylic acids is 1. The van der Waals surface area contributed by atoms with Crippen LogP contribution < -0.4 is 0 Å². The van der Waals surface area contributed by atoms with Crippen molar-refractivity contribution in [1.29, 1.82) is 0 Å². The van der Waals surface area contributed by atoms with Crippen LogP contribution in [0.2, 0.25) is 0 Å². The first-order chi connectivity index (χ1) is 8.54. The van der Waals surface area contributed by atoms with Gasteiger partial charge in [-0.05, 0) is 34.5 Å². The van der Waals surface area contributed by atoms with Crippen LogP contribution in [0.5, 0.6) is 0 Å². The number of hydrogen-bond donors (Lipinski definition) is 1. The van der Waals surface area contributed by atoms with Gasteiger partial charge in [-0.25, -0.2) is 14.5 Å². The van der Waals surface area contributed by atoms with E-state index >= 15 is 0 Å². The van der Waals surface area contributed by atoms with Crippen molar-refractivity contribution in [2.24, 2.45) is 0 Å². The van der Waals surface area contributed by atoms with Crippen LogP contribution in [-0.2, 0) is 6.42 Å². The van der Waals surface area contributed by atoms with E-state index in [4.69, 9.17) is 5.11 Å². The topological polar surface area (TPSA) is 68.0 Å². The minimum atomic E-state index is -1.12. The molecule has 0 spiro atoms. The summed E-state index contributed by atoms with van der Waals surface area (Å²) in [6.07, 6.45) is 0.612. The van der Waals surface area contributed by atoms with E-state index in [-0.39, 0.29) is 5.82 Å². The van der Waals surface area contributed by atoms with Crippen molar-refractivity contribution in [3.8, 4) is 5.69 Å². The van der Waals surface area contributed by atoms with Crippen molar-refractivity contribution >= 4 is 21.9 Å². The third-order valence-corrected chi connectivity index (χ3v) is 3.61. The quantitative estimate of drug-likeness (QED) is 0.946. The van der Waals surface area contributed by atoms with Gasteiger partial charge in [0.05, 0.1) is 5.69 Å². The predicted octanol–water partition coefficient (Wildman–Crippen LogP) is 2.60. The van der Waals surface area contributed by atoms with Crippen molar-refractivity contribution in [1.82, 2.24) is 14.8 Å². The molecule has 1 aromatic carbocycles. The van der Waals surface area contributed by atoms with Gasteiger partial charge in [-0.15, -0.1) is 5.10 Å². The van der Waals surface area contributed by atoms with Crippen LogP contribution in [0.3, 0.4) is 0 Å². The number of carboxylic acid groups (broad SMARTS) is 1. The van der Waals surface area contributed by atoms with Gasteiger partial charge < -0.3 is 5.11 Å². The Morgan fingerprint density at radius 1 is 1.50 bits per heavy atom. The summed E-state index contributed by atoms with van der Waals surface area (Å²) in [5.74, 6) is -0.675. The monoisotopic (exact) mass is 309 g/mol. The van der Waals surface area contributed by atoms with Gasteiger partial charge in [0, 0.05) is 10.9 Å². The van der Waals surface area contributed by atoms with E-state index in [0.29, 0.717) is 12.2 Å². The molecule has 1 N–H and O–H groups in total. The Labute approximate surface area is 113 Å². The Morgan fingerprint density at radius 2 is 2.22 bits per heavy atom. The lowest BCUT2D eigenvalue weighted by Crippen LogP contribution is -2.04. The average molecular weight is 310 g/mol. The zero-order valence-corrected chi connectivity index (χ0v) is 11.6. The Balaban J connectivity index is 2.63. The van der Waals surface area contributed by atoms with Crippen LogP contribution in [0, 0.1) is 6.92 Å². The highest BCUT2D eigenvalue weighted by Crippen LogP contribution is 2.25. The normalized spacial score (nSPS) is 10.6. The van der Waals surface area contributed by atoms with Crippen LogP contribution in [0.1, 0.15) is 28.9 Å². The molecule has 18 heavy (non-hydrogen) atoms. The zero-order chi connectivity index (χ0) is 13.3. The first-order valence-electron chi connectivity index (χ1n) is 5.49. The van der Waals surface area contributed by atoms with Gasteiger partial charge in [-0.1, -0.05) is 19.1 Å². The average Bonchev–Trinajstić information content (AvgIpc) is 2.76. The van der Waals surface area contributed by atoms with E-state index in [0.717, 1.165) is 15.7 Å². The molecule has 1 heterocycles. The number of rotatable bonds is 3. The molecular formula is C12H12BrN3O2. The standard InChI is InChI=1S/C12H12BrN3O2/c1-3-9-14-11(12(17)18)15-16(9)8-6-4-5-7(2)10(8)13/h4-6H,3H2,1-2H3,(H,17,18). The summed E-state index contributed by atoms with van der Waals surface area (Å²) in [6, 6.07) is 5.74. The van der Waals surface area contributed by atoms with Crippen molar-refractivity contribution in [2.45, 2.75) is 20.3 Å². The molecule has 94 valence electrons. The molecule has 0 bridgehead atoms. The zero-order valence-electron chi connectivity index (χ0n) is 10.0. The van der Waals surface area contributed by atoms with Crippen molar-refractivity contribution in [3.05, 3.63) is 39.9 Å². The summed E-state index contributed by atoms with van der Waals surface area (Å²) in [6.45, 7) is 3.88. The van der Waals surface area contributed by atoms with Gasteiger partial charge >= 0.3 is 5.97 Å². The summed E-state index contributed by atoms with van der Waals surface area (Å²) in [5, 5.41) is 13.0. The minimum Gasteiger partial charge on any atom is -0.475 e. The lowest BCUT2D eigenvalue weighted by atomic mass is 10.2. The molecule has 0 saturated carbocycles. The highest BCUT2D eigenvalue weighted by atomic mass is 79.9. The molecule has 0 aliphatic heterocycles. The number of carbonyl (C=O) groups is 1. The first kappa shape index (κ1) is 12.8. The molecule has 0 atom stereocenters. The number of aromatic nitrogens is 3. The summed E-state index contributed by atoms with van der Waals surface area (Å²) in [5.41, 5.74) is 1.86. The highest BCUT2D eigenvalue weighted by molar-refractivity contribution is 9.10. The molecule has 6 heteroatoms. The number of aryl methyl sites for hydroxylation is 2. The second-order valence-electron chi connectivity index (χ2n) is 3.83. The molecular weight excluding hydrogens is 298 g/mol. The molecule has 5 nitrogen and oxygen atoms in total. The maximum atomic E-state index is 10.9. The van der Waals surface area contributed by atoms with Gasteiger partial charge in [0.25, 0.3) is 5.82 Å². The highest BCUT2D eigenvalue weighted by Gasteiger charge is 2.17. The molecule has 1 aromatic heterocycles. The second-order valence-corrected chi connectivity index (χ2v) is 4.62. The Morgan fingerprint density at radius 3 is 2.83 bits per heavy atom. The number of carboxylic acids is 1. The van der Waals surface area contributed by atoms with E-state index in [1.165, 1.54) is 0 Å². The summed E-state index contributed by atoms with van der Waals surface area (Å²) >= 11 is 3.49. The van der Waals surface area contributed by atoms with Crippen LogP contribution >= 0.6 is 15.9 Å². The van der Waals surface area contributed by atoms with E-state index in [1.807, 2.05) is 32.0 Å². The minimum absolute atomic E-state index is 0.180. The fraction of sp³-hybridized carbons (Fsp3) is 0.250. The number of halogens is 1.